The quantitative estimate of drug-likeness (QED) is 0.443. The molecule has 1 N–H and O–H groups in total. The molecule has 2 heterocycles. The standard InChI is InChI=1S/C22H21N5O3/c1-28-13-29-17-11-9-16(10-12-17)20-18(14-5-3-2-4-6-14)21(30-25-20)19(15-7-8-15)22-23-26-27-24-22/h2-6,9-12,15,19H,7-8,13H2,1H3,(H,23,24,26,27). The van der Waals surface area contributed by atoms with E-state index < -0.39 is 0 Å². The van der Waals surface area contributed by atoms with E-state index in [1.165, 1.54) is 0 Å². The van der Waals surface area contributed by atoms with Crippen molar-refractivity contribution in [1.29, 1.82) is 0 Å². The third-order valence-corrected chi connectivity index (χ3v) is 5.27. The van der Waals surface area contributed by atoms with E-state index in [4.69, 9.17) is 14.0 Å². The average molecular weight is 403 g/mol. The fraction of sp³-hybridized carbons (Fsp3) is 0.273. The summed E-state index contributed by atoms with van der Waals surface area (Å²) in [7, 11) is 1.59. The van der Waals surface area contributed by atoms with Crippen LogP contribution in [0.5, 0.6) is 5.75 Å². The predicted molar refractivity (Wildman–Crippen MR) is 109 cm³/mol. The highest BCUT2D eigenvalue weighted by Gasteiger charge is 2.41. The molecule has 1 fully saturated rings. The van der Waals surface area contributed by atoms with Crippen molar-refractivity contribution in [2.45, 2.75) is 18.8 Å². The summed E-state index contributed by atoms with van der Waals surface area (Å²) in [4.78, 5) is 0. The van der Waals surface area contributed by atoms with Crippen LogP contribution in [0.4, 0.5) is 0 Å². The van der Waals surface area contributed by atoms with Gasteiger partial charge in [-0.25, -0.2) is 0 Å². The number of aromatic nitrogens is 5. The van der Waals surface area contributed by atoms with Gasteiger partial charge in [-0.3, -0.25) is 0 Å². The Morgan fingerprint density at radius 2 is 1.87 bits per heavy atom. The molecule has 2 aromatic heterocycles. The maximum absolute atomic E-state index is 5.96. The summed E-state index contributed by atoms with van der Waals surface area (Å²) in [5.74, 6) is 2.49. The molecule has 5 rings (SSSR count). The molecule has 8 nitrogen and oxygen atoms in total. The number of nitrogens with one attached hydrogen (secondary N) is 1. The van der Waals surface area contributed by atoms with Crippen molar-refractivity contribution in [1.82, 2.24) is 25.8 Å². The molecular weight excluding hydrogens is 382 g/mol. The monoisotopic (exact) mass is 403 g/mol. The number of H-pyrrole nitrogens is 1. The van der Waals surface area contributed by atoms with Crippen LogP contribution in [0, 0.1) is 5.92 Å². The predicted octanol–water partition coefficient (Wildman–Crippen LogP) is 4.05. The van der Waals surface area contributed by atoms with Crippen LogP contribution in [-0.2, 0) is 4.74 Å². The minimum Gasteiger partial charge on any atom is -0.468 e. The van der Waals surface area contributed by atoms with Gasteiger partial charge in [0, 0.05) is 12.7 Å². The topological polar surface area (TPSA) is 99.0 Å². The molecule has 8 heteroatoms. The van der Waals surface area contributed by atoms with E-state index in [1.54, 1.807) is 7.11 Å². The van der Waals surface area contributed by atoms with Crippen molar-refractivity contribution in [3.05, 3.63) is 66.2 Å². The molecule has 4 aromatic rings. The molecule has 1 atom stereocenters. The van der Waals surface area contributed by atoms with Gasteiger partial charge in [-0.05, 0) is 48.6 Å². The summed E-state index contributed by atoms with van der Waals surface area (Å²) < 4.78 is 16.4. The van der Waals surface area contributed by atoms with Crippen molar-refractivity contribution in [2.75, 3.05) is 13.9 Å². The third-order valence-electron chi connectivity index (χ3n) is 5.27. The van der Waals surface area contributed by atoms with Crippen molar-refractivity contribution < 1.29 is 14.0 Å². The van der Waals surface area contributed by atoms with Crippen molar-refractivity contribution >= 4 is 0 Å². The third kappa shape index (κ3) is 3.57. The highest BCUT2D eigenvalue weighted by molar-refractivity contribution is 5.82. The molecule has 1 aliphatic carbocycles. The summed E-state index contributed by atoms with van der Waals surface area (Å²) in [6.07, 6.45) is 2.21. The Hall–Kier alpha value is -3.52. The van der Waals surface area contributed by atoms with E-state index in [0.29, 0.717) is 11.7 Å². The molecular formula is C22H21N5O3. The van der Waals surface area contributed by atoms with Crippen LogP contribution in [0.25, 0.3) is 22.4 Å². The molecule has 152 valence electrons. The van der Waals surface area contributed by atoms with Gasteiger partial charge in [0.2, 0.25) is 0 Å². The Balaban J connectivity index is 1.60. The largest absolute Gasteiger partial charge is 0.468 e. The normalized spacial score (nSPS) is 14.6. The number of hydrogen-bond acceptors (Lipinski definition) is 7. The van der Waals surface area contributed by atoms with Gasteiger partial charge in [0.05, 0.1) is 11.5 Å². The first kappa shape index (κ1) is 18.5. The highest BCUT2D eigenvalue weighted by atomic mass is 16.7. The van der Waals surface area contributed by atoms with Crippen LogP contribution in [0.15, 0.2) is 59.1 Å². The number of nitrogens with zero attached hydrogens (tertiary/aromatic N) is 4. The number of hydrogen-bond donors (Lipinski definition) is 1. The van der Waals surface area contributed by atoms with Gasteiger partial charge in [-0.15, -0.1) is 10.2 Å². The van der Waals surface area contributed by atoms with E-state index in [-0.39, 0.29) is 12.7 Å². The Bertz CT molecular complexity index is 1090. The van der Waals surface area contributed by atoms with Gasteiger partial charge in [-0.1, -0.05) is 40.7 Å². The van der Waals surface area contributed by atoms with Crippen molar-refractivity contribution in [3.8, 4) is 28.1 Å². The first-order chi connectivity index (χ1) is 14.8. The zero-order valence-corrected chi connectivity index (χ0v) is 16.5. The fourth-order valence-corrected chi connectivity index (χ4v) is 3.70. The van der Waals surface area contributed by atoms with Crippen molar-refractivity contribution in [3.63, 3.8) is 0 Å². The molecule has 1 unspecified atom stereocenters. The van der Waals surface area contributed by atoms with Gasteiger partial charge in [0.25, 0.3) is 0 Å². The zero-order valence-electron chi connectivity index (χ0n) is 16.5. The summed E-state index contributed by atoms with van der Waals surface area (Å²) in [5.41, 5.74) is 3.72. The van der Waals surface area contributed by atoms with Gasteiger partial charge < -0.3 is 14.0 Å². The van der Waals surface area contributed by atoms with Gasteiger partial charge in [0.1, 0.15) is 11.4 Å². The Labute approximate surface area is 173 Å². The van der Waals surface area contributed by atoms with Crippen molar-refractivity contribution in [2.24, 2.45) is 5.92 Å². The maximum Gasteiger partial charge on any atom is 0.188 e. The second-order valence-electron chi connectivity index (χ2n) is 7.30. The van der Waals surface area contributed by atoms with Crippen LogP contribution in [0.1, 0.15) is 30.3 Å². The molecule has 0 radical (unpaired) electrons. The second-order valence-corrected chi connectivity index (χ2v) is 7.30. The molecule has 1 saturated carbocycles. The Kier molecular flexibility index (Phi) is 4.98. The van der Waals surface area contributed by atoms with E-state index in [1.807, 2.05) is 42.5 Å². The second kappa shape index (κ2) is 8.08. The molecule has 0 spiro atoms. The van der Waals surface area contributed by atoms with E-state index in [2.05, 4.69) is 37.9 Å². The number of methoxy groups -OCH3 is 1. The SMILES string of the molecule is COCOc1ccc(-c2noc(C(c3nn[nH]n3)C3CC3)c2-c2ccccc2)cc1. The maximum atomic E-state index is 5.96. The number of tetrazole rings is 1. The fourth-order valence-electron chi connectivity index (χ4n) is 3.70. The lowest BCUT2D eigenvalue weighted by atomic mass is 9.90. The lowest BCUT2D eigenvalue weighted by Crippen LogP contribution is -2.06. The van der Waals surface area contributed by atoms with E-state index >= 15 is 0 Å². The smallest absolute Gasteiger partial charge is 0.188 e. The highest BCUT2D eigenvalue weighted by Crippen LogP contribution is 2.49. The van der Waals surface area contributed by atoms with Crippen LogP contribution in [0.3, 0.4) is 0 Å². The summed E-state index contributed by atoms with van der Waals surface area (Å²) in [6, 6.07) is 17.9. The van der Waals surface area contributed by atoms with Crippen LogP contribution >= 0.6 is 0 Å². The first-order valence-corrected chi connectivity index (χ1v) is 9.85. The number of benzene rings is 2. The molecule has 0 bridgehead atoms. The zero-order chi connectivity index (χ0) is 20.3. The summed E-state index contributed by atoms with van der Waals surface area (Å²) in [5, 5.41) is 19.3. The lowest BCUT2D eigenvalue weighted by Gasteiger charge is -2.12. The van der Waals surface area contributed by atoms with Gasteiger partial charge in [0.15, 0.2) is 18.4 Å². The minimum atomic E-state index is -0.0792. The van der Waals surface area contributed by atoms with E-state index in [9.17, 15) is 0 Å². The van der Waals surface area contributed by atoms with Gasteiger partial charge >= 0.3 is 0 Å². The van der Waals surface area contributed by atoms with Crippen LogP contribution in [-0.4, -0.2) is 39.7 Å². The lowest BCUT2D eigenvalue weighted by molar-refractivity contribution is 0.0511. The van der Waals surface area contributed by atoms with Crippen LogP contribution in [0.2, 0.25) is 0 Å². The minimum absolute atomic E-state index is 0.0792. The molecule has 0 saturated heterocycles. The first-order valence-electron chi connectivity index (χ1n) is 9.85. The summed E-state index contributed by atoms with van der Waals surface area (Å²) >= 11 is 0. The molecule has 30 heavy (non-hydrogen) atoms. The average Bonchev–Trinajstić information content (AvgIpc) is 3.30. The number of aromatic amines is 1. The van der Waals surface area contributed by atoms with E-state index in [0.717, 1.165) is 46.7 Å². The Morgan fingerprint density at radius 3 is 2.53 bits per heavy atom. The number of rotatable bonds is 8. The summed E-state index contributed by atoms with van der Waals surface area (Å²) in [6.45, 7) is 0.205. The number of ether oxygens (including phenoxy) is 2. The Morgan fingerprint density at radius 1 is 1.07 bits per heavy atom. The molecule has 2 aromatic carbocycles. The molecule has 0 aliphatic heterocycles. The molecule has 0 amide bonds. The van der Waals surface area contributed by atoms with Crippen LogP contribution < -0.4 is 4.74 Å². The van der Waals surface area contributed by atoms with Gasteiger partial charge in [-0.2, -0.15) is 5.21 Å². The molecule has 1 aliphatic rings.